The van der Waals surface area contributed by atoms with Crippen LogP contribution < -0.4 is 5.32 Å². The standard InChI is InChI=1S/C25H35N3O4S/c1-5-27(6-2)24(21-10-8-7-9-11-21)16-26-25(29)22-12-14-23(15-13-22)33(30,31)28-17-19(3)32-20(4)18-28/h7-15,19-20,24H,5-6,16-18H2,1-4H3,(H,26,29). The summed E-state index contributed by atoms with van der Waals surface area (Å²) in [6.07, 6.45) is -0.311. The van der Waals surface area contributed by atoms with Crippen LogP contribution in [-0.4, -0.2) is 68.5 Å². The van der Waals surface area contributed by atoms with Crippen molar-refractivity contribution in [3.8, 4) is 0 Å². The summed E-state index contributed by atoms with van der Waals surface area (Å²) in [7, 11) is -3.64. The minimum atomic E-state index is -3.64. The van der Waals surface area contributed by atoms with Crippen LogP contribution in [0.3, 0.4) is 0 Å². The summed E-state index contributed by atoms with van der Waals surface area (Å²) in [5.74, 6) is -0.222. The van der Waals surface area contributed by atoms with Crippen LogP contribution in [0.25, 0.3) is 0 Å². The molecule has 1 fully saturated rings. The Balaban J connectivity index is 1.69. The molecule has 3 atom stereocenters. The largest absolute Gasteiger partial charge is 0.373 e. The monoisotopic (exact) mass is 473 g/mol. The zero-order valence-corrected chi connectivity index (χ0v) is 20.7. The van der Waals surface area contributed by atoms with Crippen LogP contribution in [0.2, 0.25) is 0 Å². The molecule has 0 aromatic heterocycles. The first-order chi connectivity index (χ1) is 15.8. The summed E-state index contributed by atoms with van der Waals surface area (Å²) in [6.45, 7) is 10.8. The fourth-order valence-electron chi connectivity index (χ4n) is 4.34. The highest BCUT2D eigenvalue weighted by Gasteiger charge is 2.32. The van der Waals surface area contributed by atoms with Crippen molar-refractivity contribution in [1.29, 1.82) is 0 Å². The molecule has 2 aromatic carbocycles. The minimum absolute atomic E-state index is 0.0649. The van der Waals surface area contributed by atoms with E-state index in [1.807, 2.05) is 32.0 Å². The van der Waals surface area contributed by atoms with Gasteiger partial charge in [0.15, 0.2) is 0 Å². The molecule has 1 saturated heterocycles. The number of sulfonamides is 1. The highest BCUT2D eigenvalue weighted by molar-refractivity contribution is 7.89. The fourth-order valence-corrected chi connectivity index (χ4v) is 5.93. The number of carbonyl (C=O) groups excluding carboxylic acids is 1. The molecule has 1 heterocycles. The zero-order valence-electron chi connectivity index (χ0n) is 19.9. The first kappa shape index (κ1) is 25.4. The van der Waals surface area contributed by atoms with Gasteiger partial charge in [-0.25, -0.2) is 8.42 Å². The second-order valence-corrected chi connectivity index (χ2v) is 10.4. The molecule has 0 bridgehead atoms. The van der Waals surface area contributed by atoms with Crippen molar-refractivity contribution in [2.24, 2.45) is 0 Å². The van der Waals surface area contributed by atoms with Gasteiger partial charge < -0.3 is 10.1 Å². The Bertz CT molecular complexity index is 998. The van der Waals surface area contributed by atoms with Crippen molar-refractivity contribution in [1.82, 2.24) is 14.5 Å². The molecule has 1 aliphatic heterocycles. The number of carbonyl (C=O) groups is 1. The third kappa shape index (κ3) is 6.20. The maximum Gasteiger partial charge on any atom is 0.251 e. The molecule has 1 N–H and O–H groups in total. The lowest BCUT2D eigenvalue weighted by Gasteiger charge is -2.34. The van der Waals surface area contributed by atoms with Crippen molar-refractivity contribution >= 4 is 15.9 Å². The van der Waals surface area contributed by atoms with Gasteiger partial charge in [0.1, 0.15) is 0 Å². The second kappa shape index (κ2) is 11.2. The lowest BCUT2D eigenvalue weighted by atomic mass is 10.0. The molecule has 0 aliphatic carbocycles. The number of rotatable bonds is 9. The fraction of sp³-hybridized carbons (Fsp3) is 0.480. The van der Waals surface area contributed by atoms with Crippen molar-refractivity contribution < 1.29 is 17.9 Å². The van der Waals surface area contributed by atoms with E-state index in [1.54, 1.807) is 12.1 Å². The number of ether oxygens (including phenoxy) is 1. The number of amides is 1. The predicted octanol–water partition coefficient (Wildman–Crippen LogP) is 3.30. The lowest BCUT2D eigenvalue weighted by molar-refractivity contribution is -0.0440. The van der Waals surface area contributed by atoms with E-state index in [0.717, 1.165) is 18.7 Å². The molecule has 7 nitrogen and oxygen atoms in total. The third-order valence-electron chi connectivity index (χ3n) is 6.03. The van der Waals surface area contributed by atoms with E-state index in [1.165, 1.54) is 16.4 Å². The maximum atomic E-state index is 13.0. The number of nitrogens with one attached hydrogen (secondary N) is 1. The number of likely N-dealkylation sites (N-methyl/N-ethyl adjacent to an activating group) is 1. The summed E-state index contributed by atoms with van der Waals surface area (Å²) < 4.78 is 33.2. The molecule has 0 spiro atoms. The summed E-state index contributed by atoms with van der Waals surface area (Å²) in [4.78, 5) is 15.3. The second-order valence-electron chi connectivity index (χ2n) is 8.46. The van der Waals surface area contributed by atoms with Crippen LogP contribution in [0.5, 0.6) is 0 Å². The van der Waals surface area contributed by atoms with Gasteiger partial charge in [-0.2, -0.15) is 4.31 Å². The SMILES string of the molecule is CCN(CC)C(CNC(=O)c1ccc(S(=O)(=O)N2CC(C)OC(C)C2)cc1)c1ccccc1. The normalized spacial score (nSPS) is 20.5. The van der Waals surface area contributed by atoms with Gasteiger partial charge in [-0.15, -0.1) is 0 Å². The van der Waals surface area contributed by atoms with Crippen LogP contribution >= 0.6 is 0 Å². The van der Waals surface area contributed by atoms with Crippen molar-refractivity contribution in [2.45, 2.75) is 50.8 Å². The Labute approximate surface area is 197 Å². The molecule has 1 aliphatic rings. The highest BCUT2D eigenvalue weighted by Crippen LogP contribution is 2.22. The van der Waals surface area contributed by atoms with Gasteiger partial charge in [0, 0.05) is 25.2 Å². The van der Waals surface area contributed by atoms with E-state index in [9.17, 15) is 13.2 Å². The zero-order chi connectivity index (χ0) is 24.0. The number of hydrogen-bond acceptors (Lipinski definition) is 5. The summed E-state index contributed by atoms with van der Waals surface area (Å²) in [6, 6.07) is 16.4. The first-order valence-corrected chi connectivity index (χ1v) is 13.0. The lowest BCUT2D eigenvalue weighted by Crippen LogP contribution is -2.48. The molecule has 0 radical (unpaired) electrons. The van der Waals surface area contributed by atoms with Crippen LogP contribution in [0.4, 0.5) is 0 Å². The Morgan fingerprint density at radius 1 is 1.03 bits per heavy atom. The number of benzene rings is 2. The van der Waals surface area contributed by atoms with Crippen LogP contribution in [0, 0.1) is 0 Å². The molecule has 8 heteroatoms. The van der Waals surface area contributed by atoms with E-state index < -0.39 is 10.0 Å². The average Bonchev–Trinajstić information content (AvgIpc) is 2.81. The van der Waals surface area contributed by atoms with Crippen LogP contribution in [-0.2, 0) is 14.8 Å². The van der Waals surface area contributed by atoms with Gasteiger partial charge in [-0.05, 0) is 56.8 Å². The number of hydrogen-bond donors (Lipinski definition) is 1. The van der Waals surface area contributed by atoms with Gasteiger partial charge in [-0.3, -0.25) is 9.69 Å². The Hall–Kier alpha value is -2.26. The van der Waals surface area contributed by atoms with Crippen molar-refractivity contribution in [3.63, 3.8) is 0 Å². The minimum Gasteiger partial charge on any atom is -0.373 e. The molecule has 2 aromatic rings. The number of morpholine rings is 1. The van der Waals surface area contributed by atoms with Crippen LogP contribution in [0.15, 0.2) is 59.5 Å². The van der Waals surface area contributed by atoms with E-state index in [0.29, 0.717) is 25.2 Å². The summed E-state index contributed by atoms with van der Waals surface area (Å²) in [5.41, 5.74) is 1.58. The average molecular weight is 474 g/mol. The van der Waals surface area contributed by atoms with Gasteiger partial charge in [0.2, 0.25) is 10.0 Å². The topological polar surface area (TPSA) is 79.0 Å². The molecule has 1 amide bonds. The molecule has 3 rings (SSSR count). The van der Waals surface area contributed by atoms with Gasteiger partial charge >= 0.3 is 0 Å². The van der Waals surface area contributed by atoms with Gasteiger partial charge in [-0.1, -0.05) is 44.2 Å². The molecule has 3 unspecified atom stereocenters. The van der Waals surface area contributed by atoms with Crippen molar-refractivity contribution in [3.05, 3.63) is 65.7 Å². The first-order valence-electron chi connectivity index (χ1n) is 11.6. The number of nitrogens with zero attached hydrogens (tertiary/aromatic N) is 2. The Kier molecular flexibility index (Phi) is 8.64. The van der Waals surface area contributed by atoms with E-state index in [4.69, 9.17) is 4.74 Å². The summed E-state index contributed by atoms with van der Waals surface area (Å²) in [5, 5.41) is 3.02. The molecule has 180 valence electrons. The third-order valence-corrected chi connectivity index (χ3v) is 7.88. The van der Waals surface area contributed by atoms with Crippen LogP contribution in [0.1, 0.15) is 49.7 Å². The molecule has 0 saturated carbocycles. The molecular weight excluding hydrogens is 438 g/mol. The van der Waals surface area contributed by atoms with Gasteiger partial charge in [0.25, 0.3) is 5.91 Å². The van der Waals surface area contributed by atoms with E-state index in [2.05, 4.69) is 36.2 Å². The molecule has 33 heavy (non-hydrogen) atoms. The Morgan fingerprint density at radius 3 is 2.15 bits per heavy atom. The predicted molar refractivity (Wildman–Crippen MR) is 130 cm³/mol. The maximum absolute atomic E-state index is 13.0. The van der Waals surface area contributed by atoms with E-state index >= 15 is 0 Å². The highest BCUT2D eigenvalue weighted by atomic mass is 32.2. The van der Waals surface area contributed by atoms with E-state index in [-0.39, 0.29) is 29.1 Å². The smallest absolute Gasteiger partial charge is 0.251 e. The molecular formula is C25H35N3O4S. The quantitative estimate of drug-likeness (QED) is 0.605. The van der Waals surface area contributed by atoms with Gasteiger partial charge in [0.05, 0.1) is 23.1 Å². The van der Waals surface area contributed by atoms with Crippen molar-refractivity contribution in [2.75, 3.05) is 32.7 Å². The summed E-state index contributed by atoms with van der Waals surface area (Å²) >= 11 is 0. The Morgan fingerprint density at radius 2 is 1.61 bits per heavy atom.